The lowest BCUT2D eigenvalue weighted by Gasteiger charge is -2.32. The van der Waals surface area contributed by atoms with E-state index < -0.39 is 33.9 Å². The lowest BCUT2D eigenvalue weighted by atomic mass is 9.94. The monoisotopic (exact) mass is 556 g/mol. The molecule has 1 saturated heterocycles. The molecule has 2 aliphatic rings. The zero-order chi connectivity index (χ0) is 23.9. The SMILES string of the molecule is CCOC(=O)C1=C2CC(N(C)S(C)(=O)=O)CN2C(c2nccs2)=N[C@H]1c1ccc(F)cc1Br. The van der Waals surface area contributed by atoms with Crippen LogP contribution in [0.2, 0.25) is 0 Å². The maximum absolute atomic E-state index is 13.8. The fraction of sp³-hybridized carbons (Fsp3) is 0.381. The molecule has 33 heavy (non-hydrogen) atoms. The molecule has 12 heteroatoms. The van der Waals surface area contributed by atoms with Gasteiger partial charge in [0.15, 0.2) is 10.8 Å². The Labute approximate surface area is 204 Å². The molecule has 4 rings (SSSR count). The van der Waals surface area contributed by atoms with Crippen molar-refractivity contribution in [3.05, 3.63) is 61.9 Å². The first-order valence-electron chi connectivity index (χ1n) is 10.1. The maximum atomic E-state index is 13.8. The third kappa shape index (κ3) is 4.61. The van der Waals surface area contributed by atoms with E-state index >= 15 is 0 Å². The van der Waals surface area contributed by atoms with E-state index in [1.54, 1.807) is 19.2 Å². The molecule has 0 N–H and O–H groups in total. The summed E-state index contributed by atoms with van der Waals surface area (Å²) < 4.78 is 45.4. The van der Waals surface area contributed by atoms with Gasteiger partial charge in [0.1, 0.15) is 11.9 Å². The Kier molecular flexibility index (Phi) is 6.72. The average Bonchev–Trinajstić information content (AvgIpc) is 3.42. The number of amidine groups is 1. The van der Waals surface area contributed by atoms with Gasteiger partial charge in [-0.15, -0.1) is 11.3 Å². The highest BCUT2D eigenvalue weighted by Gasteiger charge is 2.44. The molecule has 0 amide bonds. The highest BCUT2D eigenvalue weighted by atomic mass is 79.9. The summed E-state index contributed by atoms with van der Waals surface area (Å²) >= 11 is 4.79. The second-order valence-corrected chi connectivity index (χ2v) is 11.5. The van der Waals surface area contributed by atoms with Crippen LogP contribution in [0.25, 0.3) is 0 Å². The highest BCUT2D eigenvalue weighted by Crippen LogP contribution is 2.43. The smallest absolute Gasteiger partial charge is 0.338 e. The van der Waals surface area contributed by atoms with Crippen molar-refractivity contribution in [2.75, 3.05) is 26.5 Å². The number of aromatic nitrogens is 1. The Morgan fingerprint density at radius 3 is 2.79 bits per heavy atom. The number of hydrogen-bond acceptors (Lipinski definition) is 8. The van der Waals surface area contributed by atoms with Gasteiger partial charge in [-0.05, 0) is 24.6 Å². The maximum Gasteiger partial charge on any atom is 0.338 e. The molecular formula is C21H22BrFN4O4S2. The summed E-state index contributed by atoms with van der Waals surface area (Å²) in [4.78, 5) is 24.3. The first kappa shape index (κ1) is 24.0. The Hall–Kier alpha value is -2.15. The van der Waals surface area contributed by atoms with Crippen molar-refractivity contribution in [3.63, 3.8) is 0 Å². The number of hydrogen-bond donors (Lipinski definition) is 0. The number of thiazole rings is 1. The molecular weight excluding hydrogens is 535 g/mol. The van der Waals surface area contributed by atoms with E-state index in [4.69, 9.17) is 9.73 Å². The molecule has 0 spiro atoms. The van der Waals surface area contributed by atoms with Gasteiger partial charge < -0.3 is 9.64 Å². The summed E-state index contributed by atoms with van der Waals surface area (Å²) in [5, 5.41) is 2.46. The van der Waals surface area contributed by atoms with Gasteiger partial charge >= 0.3 is 5.97 Å². The number of nitrogens with zero attached hydrogens (tertiary/aromatic N) is 4. The molecule has 2 aliphatic heterocycles. The van der Waals surface area contributed by atoms with Crippen molar-refractivity contribution in [3.8, 4) is 0 Å². The summed E-state index contributed by atoms with van der Waals surface area (Å²) in [7, 11) is -1.93. The summed E-state index contributed by atoms with van der Waals surface area (Å²) in [5.41, 5.74) is 1.55. The molecule has 0 bridgehead atoms. The van der Waals surface area contributed by atoms with E-state index in [0.717, 1.165) is 6.26 Å². The fourth-order valence-electron chi connectivity index (χ4n) is 4.01. The molecule has 1 aromatic carbocycles. The normalized spacial score (nSPS) is 20.8. The van der Waals surface area contributed by atoms with Crippen molar-refractivity contribution < 1.29 is 22.3 Å². The average molecular weight is 557 g/mol. The first-order chi connectivity index (χ1) is 15.6. The number of ether oxygens (including phenoxy) is 1. The predicted molar refractivity (Wildman–Crippen MR) is 127 cm³/mol. The van der Waals surface area contributed by atoms with E-state index in [9.17, 15) is 17.6 Å². The Morgan fingerprint density at radius 2 is 2.18 bits per heavy atom. The molecule has 2 atom stereocenters. The number of benzene rings is 1. The minimum atomic E-state index is -3.46. The number of carbonyl (C=O) groups is 1. The molecule has 1 unspecified atom stereocenters. The lowest BCUT2D eigenvalue weighted by Crippen LogP contribution is -2.40. The number of halogens is 2. The van der Waals surface area contributed by atoms with Crippen LogP contribution in [0.15, 0.2) is 50.5 Å². The van der Waals surface area contributed by atoms with E-state index in [-0.39, 0.29) is 6.61 Å². The molecule has 0 aliphatic carbocycles. The second-order valence-electron chi connectivity index (χ2n) is 7.69. The van der Waals surface area contributed by atoms with E-state index in [2.05, 4.69) is 20.9 Å². The second kappa shape index (κ2) is 9.24. The van der Waals surface area contributed by atoms with Gasteiger partial charge in [-0.2, -0.15) is 4.31 Å². The number of aliphatic imine (C=N–C) groups is 1. The summed E-state index contributed by atoms with van der Waals surface area (Å²) in [6.07, 6.45) is 3.11. The van der Waals surface area contributed by atoms with Crippen LogP contribution in [0.1, 0.15) is 30.0 Å². The van der Waals surface area contributed by atoms with Crippen LogP contribution in [0.3, 0.4) is 0 Å². The van der Waals surface area contributed by atoms with Crippen LogP contribution in [0, 0.1) is 5.82 Å². The van der Waals surface area contributed by atoms with Gasteiger partial charge in [-0.25, -0.2) is 22.6 Å². The number of sulfonamides is 1. The topological polar surface area (TPSA) is 92.2 Å². The van der Waals surface area contributed by atoms with Gasteiger partial charge in [0.2, 0.25) is 10.0 Å². The van der Waals surface area contributed by atoms with Crippen molar-refractivity contribution in [1.29, 1.82) is 0 Å². The third-order valence-electron chi connectivity index (χ3n) is 5.65. The summed E-state index contributed by atoms with van der Waals surface area (Å²) in [5.74, 6) is -0.421. The number of esters is 1. The van der Waals surface area contributed by atoms with Gasteiger partial charge in [-0.3, -0.25) is 4.99 Å². The summed E-state index contributed by atoms with van der Waals surface area (Å²) in [6.45, 7) is 2.20. The Morgan fingerprint density at radius 1 is 1.42 bits per heavy atom. The van der Waals surface area contributed by atoms with Gasteiger partial charge in [0, 0.05) is 47.8 Å². The Balaban J connectivity index is 1.91. The predicted octanol–water partition coefficient (Wildman–Crippen LogP) is 3.33. The number of rotatable bonds is 6. The standard InChI is InChI=1S/C21H22BrFN4O4S2/c1-4-31-21(28)17-16-10-13(26(2)33(3,29)30)11-27(16)19(20-24-7-8-32-20)25-18(17)14-6-5-12(23)9-15(14)22/h5-9,13,18H,4,10-11H2,1-3H3/t13?,18-/m0/s1. The molecule has 1 fully saturated rings. The fourth-order valence-corrected chi connectivity index (χ4v) is 5.90. The molecule has 0 radical (unpaired) electrons. The molecule has 0 saturated carbocycles. The quantitative estimate of drug-likeness (QED) is 0.507. The van der Waals surface area contributed by atoms with E-state index in [0.29, 0.717) is 45.1 Å². The largest absolute Gasteiger partial charge is 0.463 e. The first-order valence-corrected chi connectivity index (χ1v) is 13.7. The van der Waals surface area contributed by atoms with Crippen molar-refractivity contribution in [2.24, 2.45) is 4.99 Å². The van der Waals surface area contributed by atoms with Crippen molar-refractivity contribution in [2.45, 2.75) is 25.4 Å². The van der Waals surface area contributed by atoms with Crippen LogP contribution < -0.4 is 0 Å². The lowest BCUT2D eigenvalue weighted by molar-refractivity contribution is -0.139. The van der Waals surface area contributed by atoms with Crippen LogP contribution in [0.4, 0.5) is 4.39 Å². The molecule has 8 nitrogen and oxygen atoms in total. The van der Waals surface area contributed by atoms with Crippen molar-refractivity contribution in [1.82, 2.24) is 14.2 Å². The molecule has 2 aromatic rings. The van der Waals surface area contributed by atoms with Gasteiger partial charge in [0.05, 0.1) is 18.4 Å². The molecule has 176 valence electrons. The molecule has 1 aromatic heterocycles. The zero-order valence-corrected chi connectivity index (χ0v) is 21.4. The third-order valence-corrected chi connectivity index (χ3v) is 8.45. The zero-order valence-electron chi connectivity index (χ0n) is 18.2. The molecule has 3 heterocycles. The van der Waals surface area contributed by atoms with E-state index in [1.807, 2.05) is 10.3 Å². The van der Waals surface area contributed by atoms with Crippen molar-refractivity contribution >= 4 is 49.1 Å². The van der Waals surface area contributed by atoms with Crippen LogP contribution >= 0.6 is 27.3 Å². The summed E-state index contributed by atoms with van der Waals surface area (Å²) in [6, 6.07) is 3.04. The van der Waals surface area contributed by atoms with Gasteiger partial charge in [0.25, 0.3) is 0 Å². The highest BCUT2D eigenvalue weighted by molar-refractivity contribution is 9.10. The van der Waals surface area contributed by atoms with E-state index in [1.165, 1.54) is 34.8 Å². The number of fused-ring (bicyclic) bond motifs is 1. The van der Waals surface area contributed by atoms with Crippen LogP contribution in [-0.4, -0.2) is 66.9 Å². The van der Waals surface area contributed by atoms with Crippen LogP contribution in [-0.2, 0) is 19.6 Å². The number of carbonyl (C=O) groups excluding carboxylic acids is 1. The van der Waals surface area contributed by atoms with Gasteiger partial charge in [-0.1, -0.05) is 22.0 Å². The number of likely N-dealkylation sites (N-methyl/N-ethyl adjacent to an activating group) is 1. The van der Waals surface area contributed by atoms with Crippen LogP contribution in [0.5, 0.6) is 0 Å². The minimum Gasteiger partial charge on any atom is -0.463 e. The minimum absolute atomic E-state index is 0.169. The Bertz CT molecular complexity index is 1250.